The van der Waals surface area contributed by atoms with Gasteiger partial charge in [-0.25, -0.2) is 4.98 Å². The van der Waals surface area contributed by atoms with Crippen LogP contribution in [0, 0.1) is 0 Å². The minimum absolute atomic E-state index is 0.0835. The summed E-state index contributed by atoms with van der Waals surface area (Å²) in [5.74, 6) is 0.403. The summed E-state index contributed by atoms with van der Waals surface area (Å²) < 4.78 is 7.32. The fourth-order valence-corrected chi connectivity index (χ4v) is 2.34. The van der Waals surface area contributed by atoms with Crippen molar-refractivity contribution in [2.75, 3.05) is 11.9 Å². The van der Waals surface area contributed by atoms with E-state index in [0.29, 0.717) is 5.82 Å². The van der Waals surface area contributed by atoms with E-state index in [1.54, 1.807) is 17.0 Å². The van der Waals surface area contributed by atoms with E-state index in [1.165, 1.54) is 0 Å². The van der Waals surface area contributed by atoms with E-state index in [4.69, 9.17) is 4.74 Å². The Labute approximate surface area is 114 Å². The van der Waals surface area contributed by atoms with Gasteiger partial charge in [0.1, 0.15) is 0 Å². The minimum Gasteiger partial charge on any atom is -0.376 e. The molecule has 0 spiro atoms. The Morgan fingerprint density at radius 1 is 1.53 bits per heavy atom. The minimum atomic E-state index is -0.246. The molecule has 106 valence electrons. The van der Waals surface area contributed by atoms with Crippen molar-refractivity contribution in [2.24, 2.45) is 0 Å². The molecule has 0 radical (unpaired) electrons. The summed E-state index contributed by atoms with van der Waals surface area (Å²) in [4.78, 5) is 16.5. The van der Waals surface area contributed by atoms with Gasteiger partial charge in [0.2, 0.25) is 0 Å². The third kappa shape index (κ3) is 3.15. The maximum Gasteiger partial charge on any atom is 0.293 e. The lowest BCUT2D eigenvalue weighted by molar-refractivity contribution is 0.0995. The summed E-state index contributed by atoms with van der Waals surface area (Å²) in [6.07, 6.45) is 5.69. The zero-order valence-electron chi connectivity index (χ0n) is 12.1. The largest absolute Gasteiger partial charge is 0.376 e. The van der Waals surface area contributed by atoms with Gasteiger partial charge in [-0.05, 0) is 40.5 Å². The molecule has 0 saturated carbocycles. The average molecular weight is 265 g/mol. The molecule has 1 aliphatic heterocycles. The van der Waals surface area contributed by atoms with Crippen molar-refractivity contribution in [3.05, 3.63) is 22.7 Å². The lowest BCUT2D eigenvalue weighted by Crippen LogP contribution is -2.38. The molecule has 0 aromatic carbocycles. The van der Waals surface area contributed by atoms with Gasteiger partial charge in [0.05, 0.1) is 12.1 Å². The van der Waals surface area contributed by atoms with Crippen molar-refractivity contribution in [1.82, 2.24) is 9.55 Å². The number of hydrogen-bond acceptors (Lipinski definition) is 4. The summed E-state index contributed by atoms with van der Waals surface area (Å²) >= 11 is 0. The van der Waals surface area contributed by atoms with Gasteiger partial charge >= 0.3 is 0 Å². The van der Waals surface area contributed by atoms with Gasteiger partial charge in [-0.1, -0.05) is 0 Å². The number of ether oxygens (including phenoxy) is 1. The van der Waals surface area contributed by atoms with Crippen molar-refractivity contribution < 1.29 is 4.74 Å². The van der Waals surface area contributed by atoms with Crippen molar-refractivity contribution in [1.29, 1.82) is 0 Å². The molecule has 2 unspecified atom stereocenters. The molecule has 1 fully saturated rings. The maximum absolute atomic E-state index is 12.4. The van der Waals surface area contributed by atoms with Crippen molar-refractivity contribution in [2.45, 2.75) is 58.2 Å². The quantitative estimate of drug-likeness (QED) is 0.908. The molecular formula is C14H23N3O2. The molecule has 5 nitrogen and oxygen atoms in total. The van der Waals surface area contributed by atoms with Crippen LogP contribution < -0.4 is 10.9 Å². The summed E-state index contributed by atoms with van der Waals surface area (Å²) in [6, 6.07) is 0.0959. The van der Waals surface area contributed by atoms with Crippen LogP contribution in [0.25, 0.3) is 0 Å². The van der Waals surface area contributed by atoms with Crippen LogP contribution in [0.2, 0.25) is 0 Å². The van der Waals surface area contributed by atoms with Crippen molar-refractivity contribution in [3.8, 4) is 0 Å². The summed E-state index contributed by atoms with van der Waals surface area (Å²) in [5.41, 5.74) is -0.330. The Bertz CT molecular complexity index is 484. The van der Waals surface area contributed by atoms with E-state index in [9.17, 15) is 4.79 Å². The topological polar surface area (TPSA) is 56.2 Å². The first-order valence-electron chi connectivity index (χ1n) is 6.86. The van der Waals surface area contributed by atoms with Gasteiger partial charge in [0.25, 0.3) is 5.56 Å². The van der Waals surface area contributed by atoms with E-state index in [2.05, 4.69) is 10.3 Å². The Balaban J connectivity index is 2.19. The van der Waals surface area contributed by atoms with Crippen molar-refractivity contribution >= 4 is 5.82 Å². The van der Waals surface area contributed by atoms with E-state index in [0.717, 1.165) is 19.4 Å². The second-order valence-electron chi connectivity index (χ2n) is 6.11. The Kier molecular flexibility index (Phi) is 3.94. The first kappa shape index (κ1) is 14.1. The molecule has 2 rings (SSSR count). The van der Waals surface area contributed by atoms with E-state index < -0.39 is 0 Å². The third-order valence-electron chi connectivity index (χ3n) is 3.45. The van der Waals surface area contributed by atoms with Gasteiger partial charge in [-0.15, -0.1) is 0 Å². The normalized spacial score (nSPS) is 21.4. The molecule has 2 heterocycles. The first-order valence-corrected chi connectivity index (χ1v) is 6.86. The molecule has 1 saturated heterocycles. The molecule has 1 aliphatic rings. The number of anilines is 1. The predicted octanol–water partition coefficient (Wildman–Crippen LogP) is 1.98. The number of nitrogens with one attached hydrogen (secondary N) is 1. The monoisotopic (exact) mass is 265 g/mol. The van der Waals surface area contributed by atoms with Gasteiger partial charge in [-0.3, -0.25) is 4.79 Å². The molecule has 0 bridgehead atoms. The predicted molar refractivity (Wildman–Crippen MR) is 75.6 cm³/mol. The fourth-order valence-electron chi connectivity index (χ4n) is 2.34. The molecule has 1 aromatic rings. The Hall–Kier alpha value is -1.36. The number of hydrogen-bond donors (Lipinski definition) is 1. The third-order valence-corrected chi connectivity index (χ3v) is 3.45. The van der Waals surface area contributed by atoms with Crippen LogP contribution in [-0.2, 0) is 10.3 Å². The highest BCUT2D eigenvalue weighted by Gasteiger charge is 2.24. The van der Waals surface area contributed by atoms with Crippen LogP contribution in [0.15, 0.2) is 17.2 Å². The average Bonchev–Trinajstić information content (AvgIpc) is 2.83. The zero-order valence-corrected chi connectivity index (χ0v) is 12.1. The van der Waals surface area contributed by atoms with Crippen LogP contribution in [0.5, 0.6) is 0 Å². The summed E-state index contributed by atoms with van der Waals surface area (Å²) in [5, 5.41) is 3.20. The Morgan fingerprint density at radius 2 is 2.26 bits per heavy atom. The van der Waals surface area contributed by atoms with Crippen molar-refractivity contribution in [3.63, 3.8) is 0 Å². The lowest BCUT2D eigenvalue weighted by atomic mass is 10.1. The lowest BCUT2D eigenvalue weighted by Gasteiger charge is -2.24. The second kappa shape index (κ2) is 5.33. The molecule has 1 N–H and O–H groups in total. The summed E-state index contributed by atoms with van der Waals surface area (Å²) in [7, 11) is 0. The number of aromatic nitrogens is 2. The van der Waals surface area contributed by atoms with Crippen LogP contribution in [0.3, 0.4) is 0 Å². The molecule has 19 heavy (non-hydrogen) atoms. The van der Waals surface area contributed by atoms with Crippen LogP contribution in [0.4, 0.5) is 5.82 Å². The molecule has 1 aromatic heterocycles. The maximum atomic E-state index is 12.4. The fraction of sp³-hybridized carbons (Fsp3) is 0.714. The SMILES string of the molecule is CC(Nc1nccn(C(C)(C)C)c1=O)C1CCCO1. The highest BCUT2D eigenvalue weighted by molar-refractivity contribution is 5.33. The smallest absolute Gasteiger partial charge is 0.293 e. The van der Waals surface area contributed by atoms with Gasteiger partial charge in [0.15, 0.2) is 5.82 Å². The van der Waals surface area contributed by atoms with Gasteiger partial charge in [0, 0.05) is 24.5 Å². The van der Waals surface area contributed by atoms with Crippen LogP contribution >= 0.6 is 0 Å². The highest BCUT2D eigenvalue weighted by atomic mass is 16.5. The van der Waals surface area contributed by atoms with Crippen LogP contribution in [-0.4, -0.2) is 28.3 Å². The first-order chi connectivity index (χ1) is 8.89. The number of rotatable bonds is 3. The zero-order chi connectivity index (χ0) is 14.0. The van der Waals surface area contributed by atoms with E-state index in [-0.39, 0.29) is 23.2 Å². The molecule has 0 aliphatic carbocycles. The van der Waals surface area contributed by atoms with E-state index >= 15 is 0 Å². The van der Waals surface area contributed by atoms with E-state index in [1.807, 2.05) is 27.7 Å². The molecule has 0 amide bonds. The van der Waals surface area contributed by atoms with Crippen LogP contribution in [0.1, 0.15) is 40.5 Å². The second-order valence-corrected chi connectivity index (χ2v) is 6.11. The molecule has 5 heteroatoms. The Morgan fingerprint density at radius 3 is 2.84 bits per heavy atom. The highest BCUT2D eigenvalue weighted by Crippen LogP contribution is 2.17. The standard InChI is InChI=1S/C14H23N3O2/c1-10(11-6-5-9-19-11)16-12-13(18)17(8-7-15-12)14(2,3)4/h7-8,10-11H,5-6,9H2,1-4H3,(H,15,16). The van der Waals surface area contributed by atoms with Gasteiger partial charge in [-0.2, -0.15) is 0 Å². The molecular weight excluding hydrogens is 242 g/mol. The molecule has 2 atom stereocenters. The number of nitrogens with zero attached hydrogens (tertiary/aromatic N) is 2. The summed E-state index contributed by atoms with van der Waals surface area (Å²) in [6.45, 7) is 8.85. The van der Waals surface area contributed by atoms with Gasteiger partial charge < -0.3 is 14.6 Å².